The minimum absolute atomic E-state index is 0.197. The molecule has 22 heavy (non-hydrogen) atoms. The molecule has 0 aliphatic rings. The van der Waals surface area contributed by atoms with Gasteiger partial charge < -0.3 is 4.74 Å². The lowest BCUT2D eigenvalue weighted by atomic mass is 9.91. The lowest BCUT2D eigenvalue weighted by Gasteiger charge is -2.27. The van der Waals surface area contributed by atoms with Crippen LogP contribution >= 0.6 is 22.6 Å². The molecule has 0 aliphatic heterocycles. The Morgan fingerprint density at radius 1 is 1.05 bits per heavy atom. The monoisotopic (exact) mass is 432 g/mol. The van der Waals surface area contributed by atoms with E-state index in [4.69, 9.17) is 0 Å². The molecule has 0 radical (unpaired) electrons. The number of ether oxygens (including phenoxy) is 1. The van der Waals surface area contributed by atoms with Gasteiger partial charge in [-0.2, -0.15) is 8.78 Å². The Kier molecular flexibility index (Phi) is 12.5. The van der Waals surface area contributed by atoms with Gasteiger partial charge in [0.2, 0.25) is 0 Å². The first-order valence-electron chi connectivity index (χ1n) is 8.52. The van der Waals surface area contributed by atoms with Gasteiger partial charge in [-0.15, -0.1) is 0 Å². The third-order valence-electron chi connectivity index (χ3n) is 4.13. The van der Waals surface area contributed by atoms with Crippen molar-refractivity contribution in [2.75, 3.05) is 7.11 Å². The molecule has 0 spiro atoms. The van der Waals surface area contributed by atoms with E-state index in [-0.39, 0.29) is 10.3 Å². The zero-order valence-corrected chi connectivity index (χ0v) is 16.3. The summed E-state index contributed by atoms with van der Waals surface area (Å²) in [6.07, 6.45) is 10.6. The predicted octanol–water partition coefficient (Wildman–Crippen LogP) is 6.16. The van der Waals surface area contributed by atoms with Crippen molar-refractivity contribution in [2.45, 2.75) is 87.9 Å². The topological polar surface area (TPSA) is 26.3 Å². The van der Waals surface area contributed by atoms with E-state index in [1.807, 2.05) is 0 Å². The van der Waals surface area contributed by atoms with E-state index in [1.165, 1.54) is 38.5 Å². The number of hydrogen-bond donors (Lipinski definition) is 0. The Labute approximate surface area is 147 Å². The number of unbranched alkanes of at least 4 members (excludes halogenated alkanes) is 7. The Bertz CT molecular complexity index is 298. The zero-order chi connectivity index (χ0) is 17.0. The molecule has 0 aromatic carbocycles. The summed E-state index contributed by atoms with van der Waals surface area (Å²) in [5.74, 6) is -5.72. The van der Waals surface area contributed by atoms with Gasteiger partial charge in [0.15, 0.2) is 0 Å². The maximum absolute atomic E-state index is 14.0. The summed E-state index contributed by atoms with van der Waals surface area (Å²) < 4.78 is 32.1. The number of halogens is 3. The predicted molar refractivity (Wildman–Crippen MR) is 95.8 cm³/mol. The van der Waals surface area contributed by atoms with Crippen LogP contribution in [0.25, 0.3) is 0 Å². The number of hydrogen-bond acceptors (Lipinski definition) is 2. The summed E-state index contributed by atoms with van der Waals surface area (Å²) in [7, 11) is 1.02. The molecular weight excluding hydrogens is 401 g/mol. The minimum Gasteiger partial charge on any atom is -0.465 e. The molecule has 0 bridgehead atoms. The van der Waals surface area contributed by atoms with E-state index in [0.717, 1.165) is 26.4 Å². The number of methoxy groups -OCH3 is 1. The Balaban J connectivity index is 4.02. The standard InChI is InChI=1S/C17H31F2IO2/c1-4-6-7-8-9-10-11-12-13-15(20)14(5-2)17(18,19)16(21)22-3/h14-15H,4-13H2,1-3H3. The summed E-state index contributed by atoms with van der Waals surface area (Å²) in [4.78, 5) is 11.3. The normalized spacial score (nSPS) is 14.6. The smallest absolute Gasteiger partial charge is 0.377 e. The molecule has 0 amide bonds. The Morgan fingerprint density at radius 2 is 1.55 bits per heavy atom. The highest BCUT2D eigenvalue weighted by molar-refractivity contribution is 14.1. The van der Waals surface area contributed by atoms with Gasteiger partial charge in [-0.1, -0.05) is 87.8 Å². The number of rotatable bonds is 13. The third kappa shape index (κ3) is 8.06. The van der Waals surface area contributed by atoms with Crippen LogP contribution in [0.15, 0.2) is 0 Å². The molecule has 2 nitrogen and oxygen atoms in total. The first-order chi connectivity index (χ1) is 10.4. The molecule has 0 aromatic heterocycles. The van der Waals surface area contributed by atoms with Crippen molar-refractivity contribution in [3.05, 3.63) is 0 Å². The van der Waals surface area contributed by atoms with E-state index in [0.29, 0.717) is 0 Å². The van der Waals surface area contributed by atoms with Crippen LogP contribution < -0.4 is 0 Å². The second kappa shape index (κ2) is 12.5. The Morgan fingerprint density at radius 3 is 2.00 bits per heavy atom. The molecule has 0 N–H and O–H groups in total. The zero-order valence-electron chi connectivity index (χ0n) is 14.2. The van der Waals surface area contributed by atoms with Gasteiger partial charge in [-0.25, -0.2) is 4.79 Å². The van der Waals surface area contributed by atoms with Crippen LogP contribution in [-0.4, -0.2) is 22.9 Å². The van der Waals surface area contributed by atoms with Crippen LogP contribution in [0.4, 0.5) is 8.78 Å². The van der Waals surface area contributed by atoms with Gasteiger partial charge in [0.05, 0.1) is 7.11 Å². The number of esters is 1. The average Bonchev–Trinajstić information content (AvgIpc) is 2.49. The molecule has 0 heterocycles. The molecule has 0 aliphatic carbocycles. The van der Waals surface area contributed by atoms with Crippen LogP contribution in [0.2, 0.25) is 0 Å². The molecule has 0 fully saturated rings. The fourth-order valence-corrected chi connectivity index (χ4v) is 4.10. The highest BCUT2D eigenvalue weighted by Crippen LogP contribution is 2.37. The van der Waals surface area contributed by atoms with Gasteiger partial charge in [0.1, 0.15) is 0 Å². The van der Waals surface area contributed by atoms with Crippen LogP contribution in [0.1, 0.15) is 78.1 Å². The van der Waals surface area contributed by atoms with Crippen LogP contribution in [0.5, 0.6) is 0 Å². The van der Waals surface area contributed by atoms with Crippen molar-refractivity contribution in [2.24, 2.45) is 5.92 Å². The van der Waals surface area contributed by atoms with Crippen molar-refractivity contribution in [3.8, 4) is 0 Å². The lowest BCUT2D eigenvalue weighted by molar-refractivity contribution is -0.177. The summed E-state index contributed by atoms with van der Waals surface area (Å²) in [6, 6.07) is 0. The third-order valence-corrected chi connectivity index (χ3v) is 5.62. The summed E-state index contributed by atoms with van der Waals surface area (Å²) in [5, 5.41) is 0. The van der Waals surface area contributed by atoms with E-state index in [2.05, 4.69) is 34.3 Å². The summed E-state index contributed by atoms with van der Waals surface area (Å²) in [6.45, 7) is 3.91. The second-order valence-electron chi connectivity index (χ2n) is 5.91. The van der Waals surface area contributed by atoms with Gasteiger partial charge >= 0.3 is 11.9 Å². The first-order valence-corrected chi connectivity index (χ1v) is 9.76. The average molecular weight is 432 g/mol. The fraction of sp³-hybridized carbons (Fsp3) is 0.941. The molecule has 2 atom stereocenters. The second-order valence-corrected chi connectivity index (χ2v) is 7.51. The Hall–Kier alpha value is 0.0600. The molecular formula is C17H31F2IO2. The highest BCUT2D eigenvalue weighted by Gasteiger charge is 2.49. The van der Waals surface area contributed by atoms with Crippen molar-refractivity contribution in [1.82, 2.24) is 0 Å². The molecule has 2 unspecified atom stereocenters. The first kappa shape index (κ1) is 22.1. The quantitative estimate of drug-likeness (QED) is 0.151. The maximum atomic E-state index is 14.0. The van der Waals surface area contributed by atoms with E-state index >= 15 is 0 Å². The molecule has 0 rings (SSSR count). The number of alkyl halides is 3. The van der Waals surface area contributed by atoms with Crippen LogP contribution in [0, 0.1) is 5.92 Å². The molecule has 0 saturated carbocycles. The minimum atomic E-state index is -3.38. The maximum Gasteiger partial charge on any atom is 0.377 e. The molecule has 0 aromatic rings. The van der Waals surface area contributed by atoms with Crippen molar-refractivity contribution in [3.63, 3.8) is 0 Å². The van der Waals surface area contributed by atoms with E-state index < -0.39 is 17.8 Å². The highest BCUT2D eigenvalue weighted by atomic mass is 127. The fourth-order valence-electron chi connectivity index (χ4n) is 2.70. The largest absolute Gasteiger partial charge is 0.465 e. The SMILES string of the molecule is CCCCCCCCCCC(I)C(CC)C(F)(F)C(=O)OC. The van der Waals surface area contributed by atoms with Gasteiger partial charge in [0.25, 0.3) is 0 Å². The van der Waals surface area contributed by atoms with Crippen molar-refractivity contribution < 1.29 is 18.3 Å². The van der Waals surface area contributed by atoms with Crippen molar-refractivity contribution >= 4 is 28.6 Å². The molecule has 0 saturated heterocycles. The van der Waals surface area contributed by atoms with E-state index in [9.17, 15) is 13.6 Å². The van der Waals surface area contributed by atoms with Gasteiger partial charge in [-0.05, 0) is 12.8 Å². The van der Waals surface area contributed by atoms with Crippen LogP contribution in [-0.2, 0) is 9.53 Å². The van der Waals surface area contributed by atoms with Gasteiger partial charge in [-0.3, -0.25) is 0 Å². The van der Waals surface area contributed by atoms with E-state index in [1.54, 1.807) is 6.92 Å². The molecule has 5 heteroatoms. The summed E-state index contributed by atoms with van der Waals surface area (Å²) in [5.41, 5.74) is 0. The van der Waals surface area contributed by atoms with Gasteiger partial charge in [0, 0.05) is 9.84 Å². The van der Waals surface area contributed by atoms with Crippen molar-refractivity contribution in [1.29, 1.82) is 0 Å². The lowest BCUT2D eigenvalue weighted by Crippen LogP contribution is -2.42. The van der Waals surface area contributed by atoms with Crippen LogP contribution in [0.3, 0.4) is 0 Å². The molecule has 132 valence electrons. The number of carbonyl (C=O) groups excluding carboxylic acids is 1. The summed E-state index contributed by atoms with van der Waals surface area (Å²) >= 11 is 2.07. The number of carbonyl (C=O) groups is 1.